The molecule has 0 aliphatic rings. The maximum atomic E-state index is 12.0. The van der Waals surface area contributed by atoms with Crippen LogP contribution in [0.15, 0.2) is 54.6 Å². The zero-order chi connectivity index (χ0) is 17.4. The van der Waals surface area contributed by atoms with Crippen LogP contribution in [0.5, 0.6) is 0 Å². The molecule has 0 aromatic heterocycles. The number of aryl methyl sites for hydroxylation is 2. The Hall–Kier alpha value is -2.62. The number of rotatable bonds is 7. The fraction of sp³-hybridized carbons (Fsp3) is 0.300. The molecule has 2 aromatic carbocycles. The van der Waals surface area contributed by atoms with Crippen molar-refractivity contribution in [2.45, 2.75) is 32.7 Å². The first kappa shape index (κ1) is 17.7. The predicted molar refractivity (Wildman–Crippen MR) is 93.8 cm³/mol. The minimum atomic E-state index is -0.472. The highest BCUT2D eigenvalue weighted by Crippen LogP contribution is 2.08. The van der Waals surface area contributed by atoms with Gasteiger partial charge in [0.2, 0.25) is 0 Å². The van der Waals surface area contributed by atoms with E-state index in [9.17, 15) is 9.59 Å². The quantitative estimate of drug-likeness (QED) is 0.795. The van der Waals surface area contributed by atoms with Crippen molar-refractivity contribution in [2.75, 3.05) is 6.61 Å². The van der Waals surface area contributed by atoms with Crippen molar-refractivity contribution in [3.05, 3.63) is 71.3 Å². The summed E-state index contributed by atoms with van der Waals surface area (Å²) in [6.45, 7) is 3.52. The third-order valence-electron chi connectivity index (χ3n) is 3.82. The maximum Gasteiger partial charge on any atom is 0.338 e. The lowest BCUT2D eigenvalue weighted by atomic mass is 10.1. The van der Waals surface area contributed by atoms with Crippen molar-refractivity contribution >= 4 is 11.9 Å². The van der Waals surface area contributed by atoms with E-state index in [-0.39, 0.29) is 18.6 Å². The molecular weight excluding hydrogens is 302 g/mol. The Balaban J connectivity index is 1.72. The van der Waals surface area contributed by atoms with E-state index in [4.69, 9.17) is 4.74 Å². The second-order valence-corrected chi connectivity index (χ2v) is 5.88. The molecule has 4 heteroatoms. The largest absolute Gasteiger partial charge is 0.452 e. The Morgan fingerprint density at radius 3 is 2.42 bits per heavy atom. The van der Waals surface area contributed by atoms with Crippen LogP contribution in [0.25, 0.3) is 0 Å². The molecule has 1 N–H and O–H groups in total. The zero-order valence-corrected chi connectivity index (χ0v) is 14.1. The van der Waals surface area contributed by atoms with Gasteiger partial charge in [-0.3, -0.25) is 4.79 Å². The molecule has 0 spiro atoms. The highest BCUT2D eigenvalue weighted by molar-refractivity contribution is 5.92. The van der Waals surface area contributed by atoms with Crippen LogP contribution < -0.4 is 5.32 Å². The third-order valence-corrected chi connectivity index (χ3v) is 3.82. The van der Waals surface area contributed by atoms with E-state index in [0.29, 0.717) is 5.56 Å². The molecule has 0 unspecified atom stereocenters. The molecule has 0 bridgehead atoms. The van der Waals surface area contributed by atoms with Gasteiger partial charge in [0.1, 0.15) is 0 Å². The van der Waals surface area contributed by atoms with Gasteiger partial charge in [0.25, 0.3) is 5.91 Å². The summed E-state index contributed by atoms with van der Waals surface area (Å²) in [5.74, 6) is -0.752. The summed E-state index contributed by atoms with van der Waals surface area (Å²) in [6, 6.07) is 17.3. The first-order valence-corrected chi connectivity index (χ1v) is 8.12. The summed E-state index contributed by atoms with van der Waals surface area (Å²) < 4.78 is 5.08. The molecule has 2 rings (SSSR count). The molecule has 0 saturated heterocycles. The van der Waals surface area contributed by atoms with Crippen molar-refractivity contribution in [2.24, 2.45) is 0 Å². The Bertz CT molecular complexity index is 682. The SMILES string of the molecule is Cc1ccccc1C(=O)OCC(=O)N[C@H](C)CCc1ccccc1. The number of benzene rings is 2. The number of hydrogen-bond donors (Lipinski definition) is 1. The molecule has 0 saturated carbocycles. The highest BCUT2D eigenvalue weighted by atomic mass is 16.5. The van der Waals surface area contributed by atoms with Gasteiger partial charge >= 0.3 is 5.97 Å². The monoisotopic (exact) mass is 325 g/mol. The Morgan fingerprint density at radius 2 is 1.71 bits per heavy atom. The summed E-state index contributed by atoms with van der Waals surface area (Å²) in [5, 5.41) is 2.86. The fourth-order valence-electron chi connectivity index (χ4n) is 2.43. The molecular formula is C20H23NO3. The van der Waals surface area contributed by atoms with Gasteiger partial charge in [-0.05, 0) is 43.9 Å². The zero-order valence-electron chi connectivity index (χ0n) is 14.1. The van der Waals surface area contributed by atoms with Gasteiger partial charge in [-0.2, -0.15) is 0 Å². The topological polar surface area (TPSA) is 55.4 Å². The lowest BCUT2D eigenvalue weighted by Crippen LogP contribution is -2.36. The molecule has 126 valence electrons. The third kappa shape index (κ3) is 5.54. The number of carbonyl (C=O) groups is 2. The van der Waals surface area contributed by atoms with E-state index < -0.39 is 5.97 Å². The summed E-state index contributed by atoms with van der Waals surface area (Å²) in [4.78, 5) is 23.9. The standard InChI is InChI=1S/C20H23NO3/c1-15-8-6-7-11-18(15)20(23)24-14-19(22)21-16(2)12-13-17-9-4-3-5-10-17/h3-11,16H,12-14H2,1-2H3,(H,21,22)/t16-/m1/s1. The predicted octanol–water partition coefficient (Wildman–Crippen LogP) is 3.29. The molecule has 0 fully saturated rings. The molecule has 1 atom stereocenters. The second kappa shape index (κ2) is 8.87. The van der Waals surface area contributed by atoms with Gasteiger partial charge in [0, 0.05) is 6.04 Å². The fourth-order valence-corrected chi connectivity index (χ4v) is 2.43. The molecule has 0 radical (unpaired) electrons. The first-order chi connectivity index (χ1) is 11.6. The van der Waals surface area contributed by atoms with Crippen LogP contribution in [0.1, 0.15) is 34.8 Å². The van der Waals surface area contributed by atoms with Crippen LogP contribution in [0.3, 0.4) is 0 Å². The van der Waals surface area contributed by atoms with E-state index >= 15 is 0 Å². The van der Waals surface area contributed by atoms with Crippen molar-refractivity contribution in [1.82, 2.24) is 5.32 Å². The van der Waals surface area contributed by atoms with Crippen LogP contribution >= 0.6 is 0 Å². The molecule has 24 heavy (non-hydrogen) atoms. The number of ether oxygens (including phenoxy) is 1. The van der Waals surface area contributed by atoms with Gasteiger partial charge in [-0.1, -0.05) is 48.5 Å². The summed E-state index contributed by atoms with van der Waals surface area (Å²) in [5.41, 5.74) is 2.56. The molecule has 1 amide bonds. The molecule has 4 nitrogen and oxygen atoms in total. The smallest absolute Gasteiger partial charge is 0.338 e. The molecule has 0 heterocycles. The summed E-state index contributed by atoms with van der Waals surface area (Å²) in [6.07, 6.45) is 1.73. The van der Waals surface area contributed by atoms with Gasteiger partial charge < -0.3 is 10.1 Å². The highest BCUT2D eigenvalue weighted by Gasteiger charge is 2.13. The number of esters is 1. The van der Waals surface area contributed by atoms with E-state index in [1.807, 2.05) is 44.2 Å². The Kier molecular flexibility index (Phi) is 6.55. The Labute approximate surface area is 142 Å². The van der Waals surface area contributed by atoms with E-state index in [0.717, 1.165) is 18.4 Å². The van der Waals surface area contributed by atoms with Crippen molar-refractivity contribution in [3.8, 4) is 0 Å². The average Bonchev–Trinajstić information content (AvgIpc) is 2.59. The number of nitrogens with one attached hydrogen (secondary N) is 1. The van der Waals surface area contributed by atoms with E-state index in [1.165, 1.54) is 5.56 Å². The summed E-state index contributed by atoms with van der Waals surface area (Å²) in [7, 11) is 0. The van der Waals surface area contributed by atoms with E-state index in [1.54, 1.807) is 12.1 Å². The summed E-state index contributed by atoms with van der Waals surface area (Å²) >= 11 is 0. The Morgan fingerprint density at radius 1 is 1.04 bits per heavy atom. The number of carbonyl (C=O) groups excluding carboxylic acids is 2. The molecule has 0 aliphatic carbocycles. The van der Waals surface area contributed by atoms with Gasteiger partial charge in [0.05, 0.1) is 5.56 Å². The molecule has 0 aliphatic heterocycles. The van der Waals surface area contributed by atoms with Crippen molar-refractivity contribution < 1.29 is 14.3 Å². The van der Waals surface area contributed by atoms with E-state index in [2.05, 4.69) is 17.4 Å². The number of hydrogen-bond acceptors (Lipinski definition) is 3. The minimum absolute atomic E-state index is 0.0230. The van der Waals surface area contributed by atoms with Gasteiger partial charge in [-0.15, -0.1) is 0 Å². The molecule has 2 aromatic rings. The van der Waals surface area contributed by atoms with Crippen LogP contribution in [-0.2, 0) is 16.0 Å². The second-order valence-electron chi connectivity index (χ2n) is 5.88. The van der Waals surface area contributed by atoms with Crippen LogP contribution in [0, 0.1) is 6.92 Å². The van der Waals surface area contributed by atoms with Gasteiger partial charge in [-0.25, -0.2) is 4.79 Å². The lowest BCUT2D eigenvalue weighted by Gasteiger charge is -2.14. The minimum Gasteiger partial charge on any atom is -0.452 e. The number of amides is 1. The van der Waals surface area contributed by atoms with Crippen molar-refractivity contribution in [3.63, 3.8) is 0 Å². The van der Waals surface area contributed by atoms with Gasteiger partial charge in [0.15, 0.2) is 6.61 Å². The lowest BCUT2D eigenvalue weighted by molar-refractivity contribution is -0.124. The average molecular weight is 325 g/mol. The van der Waals surface area contributed by atoms with Crippen LogP contribution in [0.2, 0.25) is 0 Å². The van der Waals surface area contributed by atoms with Crippen LogP contribution in [-0.4, -0.2) is 24.5 Å². The van der Waals surface area contributed by atoms with Crippen LogP contribution in [0.4, 0.5) is 0 Å². The first-order valence-electron chi connectivity index (χ1n) is 8.12. The van der Waals surface area contributed by atoms with Crippen molar-refractivity contribution in [1.29, 1.82) is 0 Å². The maximum absolute atomic E-state index is 12.0. The normalized spacial score (nSPS) is 11.6.